The number of nitrogens with two attached hydrogens (primary N) is 1. The molecule has 2 heterocycles. The highest BCUT2D eigenvalue weighted by molar-refractivity contribution is 5.91. The fourth-order valence-corrected chi connectivity index (χ4v) is 2.11. The van der Waals surface area contributed by atoms with E-state index in [0.717, 1.165) is 16.7 Å². The van der Waals surface area contributed by atoms with Crippen LogP contribution in [0.25, 0.3) is 11.1 Å². The number of nitrogens with one attached hydrogen (secondary N) is 1. The first kappa shape index (κ1) is 18.3. The Labute approximate surface area is 145 Å². The number of hydrogen-bond acceptors (Lipinski definition) is 7. The Morgan fingerprint density at radius 1 is 1.24 bits per heavy atom. The molecule has 8 nitrogen and oxygen atoms in total. The third kappa shape index (κ3) is 4.28. The third-order valence-corrected chi connectivity index (χ3v) is 3.61. The smallest absolute Gasteiger partial charge is 0.314 e. The third-order valence-electron chi connectivity index (χ3n) is 3.61. The number of amidine groups is 1. The molecule has 0 bridgehead atoms. The van der Waals surface area contributed by atoms with Crippen molar-refractivity contribution in [2.45, 2.75) is 20.8 Å². The molecule has 0 aliphatic rings. The maximum atomic E-state index is 11.7. The first-order valence-electron chi connectivity index (χ1n) is 7.59. The molecule has 2 aromatic rings. The van der Waals surface area contributed by atoms with Gasteiger partial charge in [-0.1, -0.05) is 0 Å². The summed E-state index contributed by atoms with van der Waals surface area (Å²) in [6.07, 6.45) is 4.84. The predicted octanol–water partition coefficient (Wildman–Crippen LogP) is 1.71. The summed E-state index contributed by atoms with van der Waals surface area (Å²) in [5, 5.41) is 7.31. The van der Waals surface area contributed by atoms with E-state index in [1.807, 2.05) is 6.92 Å². The van der Waals surface area contributed by atoms with Crippen LogP contribution in [-0.4, -0.2) is 40.5 Å². The molecule has 0 spiro atoms. The SMILES string of the molecule is COC(=O)C(C)(C)COc1cc(C)c(-c2cnc(C(=N)N)nc2)cn1. The van der Waals surface area contributed by atoms with E-state index < -0.39 is 5.41 Å². The summed E-state index contributed by atoms with van der Waals surface area (Å²) < 4.78 is 10.4. The number of ether oxygens (including phenoxy) is 2. The fourth-order valence-electron chi connectivity index (χ4n) is 2.11. The number of pyridine rings is 1. The molecular formula is C17H21N5O3. The number of nitrogens with zero attached hydrogens (tertiary/aromatic N) is 3. The van der Waals surface area contributed by atoms with Crippen LogP contribution in [0.15, 0.2) is 24.7 Å². The molecule has 132 valence electrons. The molecule has 3 N–H and O–H groups in total. The first-order valence-corrected chi connectivity index (χ1v) is 7.59. The van der Waals surface area contributed by atoms with Gasteiger partial charge in [0.15, 0.2) is 11.7 Å². The largest absolute Gasteiger partial charge is 0.476 e. The molecule has 0 saturated heterocycles. The van der Waals surface area contributed by atoms with Crippen molar-refractivity contribution in [1.29, 1.82) is 5.41 Å². The molecule has 0 aromatic carbocycles. The van der Waals surface area contributed by atoms with Crippen molar-refractivity contribution in [3.63, 3.8) is 0 Å². The summed E-state index contributed by atoms with van der Waals surface area (Å²) in [5.74, 6) is 0.0702. The van der Waals surface area contributed by atoms with Gasteiger partial charge in [0.2, 0.25) is 5.88 Å². The van der Waals surface area contributed by atoms with Crippen LogP contribution in [0.2, 0.25) is 0 Å². The molecule has 0 atom stereocenters. The van der Waals surface area contributed by atoms with E-state index in [9.17, 15) is 4.79 Å². The van der Waals surface area contributed by atoms with Crippen LogP contribution in [0.5, 0.6) is 5.88 Å². The molecule has 0 aliphatic heterocycles. The van der Waals surface area contributed by atoms with Crippen LogP contribution < -0.4 is 10.5 Å². The van der Waals surface area contributed by atoms with Gasteiger partial charge in [-0.25, -0.2) is 15.0 Å². The standard InChI is InChI=1S/C17H21N5O3/c1-10-5-13(25-9-17(2,3)16(23)24-4)20-8-12(10)11-6-21-15(14(18)19)22-7-11/h5-8H,9H2,1-4H3,(H3,18,19). The van der Waals surface area contributed by atoms with E-state index in [0.29, 0.717) is 5.88 Å². The quantitative estimate of drug-likeness (QED) is 0.465. The minimum Gasteiger partial charge on any atom is -0.476 e. The van der Waals surface area contributed by atoms with Crippen molar-refractivity contribution in [2.75, 3.05) is 13.7 Å². The van der Waals surface area contributed by atoms with Gasteiger partial charge in [-0.05, 0) is 26.3 Å². The number of methoxy groups -OCH3 is 1. The number of aryl methyl sites for hydroxylation is 1. The lowest BCUT2D eigenvalue weighted by Gasteiger charge is -2.21. The average Bonchev–Trinajstić information content (AvgIpc) is 2.59. The van der Waals surface area contributed by atoms with Gasteiger partial charge < -0.3 is 15.2 Å². The molecular weight excluding hydrogens is 322 g/mol. The average molecular weight is 343 g/mol. The zero-order chi connectivity index (χ0) is 18.6. The number of carbonyl (C=O) groups is 1. The zero-order valence-electron chi connectivity index (χ0n) is 14.7. The Bertz CT molecular complexity index is 787. The molecule has 8 heteroatoms. The topological polar surface area (TPSA) is 124 Å². The van der Waals surface area contributed by atoms with Crippen molar-refractivity contribution in [3.8, 4) is 17.0 Å². The van der Waals surface area contributed by atoms with Crippen molar-refractivity contribution in [2.24, 2.45) is 11.1 Å². The Morgan fingerprint density at radius 3 is 2.40 bits per heavy atom. The fraction of sp³-hybridized carbons (Fsp3) is 0.353. The van der Waals surface area contributed by atoms with Gasteiger partial charge in [-0.2, -0.15) is 0 Å². The van der Waals surface area contributed by atoms with Gasteiger partial charge in [0.25, 0.3) is 0 Å². The van der Waals surface area contributed by atoms with Crippen LogP contribution in [0, 0.1) is 17.7 Å². The molecule has 0 saturated carbocycles. The van der Waals surface area contributed by atoms with Crippen LogP contribution in [0.1, 0.15) is 25.2 Å². The lowest BCUT2D eigenvalue weighted by atomic mass is 9.95. The monoisotopic (exact) mass is 343 g/mol. The predicted molar refractivity (Wildman–Crippen MR) is 92.3 cm³/mol. The summed E-state index contributed by atoms with van der Waals surface area (Å²) >= 11 is 0. The molecule has 0 amide bonds. The van der Waals surface area contributed by atoms with Gasteiger partial charge in [0, 0.05) is 35.8 Å². The number of carbonyl (C=O) groups excluding carboxylic acids is 1. The van der Waals surface area contributed by atoms with Crippen LogP contribution in [0.3, 0.4) is 0 Å². The second kappa shape index (κ2) is 7.25. The lowest BCUT2D eigenvalue weighted by molar-refractivity contribution is -0.152. The van der Waals surface area contributed by atoms with Crippen LogP contribution in [0.4, 0.5) is 0 Å². The number of hydrogen-bond donors (Lipinski definition) is 2. The Balaban J connectivity index is 2.15. The number of aromatic nitrogens is 3. The minimum absolute atomic E-state index is 0.155. The van der Waals surface area contributed by atoms with Crippen molar-refractivity contribution < 1.29 is 14.3 Å². The number of nitrogen functional groups attached to an aromatic ring is 1. The van der Waals surface area contributed by atoms with Crippen LogP contribution >= 0.6 is 0 Å². The van der Waals surface area contributed by atoms with Crippen molar-refractivity contribution >= 4 is 11.8 Å². The van der Waals surface area contributed by atoms with Gasteiger partial charge in [-0.3, -0.25) is 10.2 Å². The van der Waals surface area contributed by atoms with E-state index in [2.05, 4.69) is 15.0 Å². The van der Waals surface area contributed by atoms with E-state index >= 15 is 0 Å². The second-order valence-electron chi connectivity index (χ2n) is 6.21. The summed E-state index contributed by atoms with van der Waals surface area (Å²) in [4.78, 5) is 24.0. The number of esters is 1. The minimum atomic E-state index is -0.765. The summed E-state index contributed by atoms with van der Waals surface area (Å²) in [7, 11) is 1.35. The molecule has 2 rings (SSSR count). The molecule has 0 unspecified atom stereocenters. The van der Waals surface area contributed by atoms with Gasteiger partial charge >= 0.3 is 5.97 Å². The number of rotatable bonds is 6. The van der Waals surface area contributed by atoms with E-state index in [-0.39, 0.29) is 24.2 Å². The second-order valence-corrected chi connectivity index (χ2v) is 6.21. The molecule has 0 radical (unpaired) electrons. The van der Waals surface area contributed by atoms with Crippen molar-refractivity contribution in [1.82, 2.24) is 15.0 Å². The molecule has 0 aliphatic carbocycles. The summed E-state index contributed by atoms with van der Waals surface area (Å²) in [6.45, 7) is 5.55. The van der Waals surface area contributed by atoms with E-state index in [4.69, 9.17) is 20.6 Å². The first-order chi connectivity index (χ1) is 11.7. The maximum Gasteiger partial charge on any atom is 0.314 e. The summed E-state index contributed by atoms with van der Waals surface area (Å²) in [6, 6.07) is 1.78. The molecule has 0 fully saturated rings. The highest BCUT2D eigenvalue weighted by atomic mass is 16.5. The molecule has 25 heavy (non-hydrogen) atoms. The van der Waals surface area contributed by atoms with Crippen LogP contribution in [-0.2, 0) is 9.53 Å². The Hall–Kier alpha value is -3.03. The van der Waals surface area contributed by atoms with Gasteiger partial charge in [-0.15, -0.1) is 0 Å². The maximum absolute atomic E-state index is 11.7. The van der Waals surface area contributed by atoms with Gasteiger partial charge in [0.05, 0.1) is 12.5 Å². The zero-order valence-corrected chi connectivity index (χ0v) is 14.7. The van der Waals surface area contributed by atoms with E-state index in [1.54, 1.807) is 38.5 Å². The highest BCUT2D eigenvalue weighted by Crippen LogP contribution is 2.25. The normalized spacial score (nSPS) is 11.0. The highest BCUT2D eigenvalue weighted by Gasteiger charge is 2.30. The lowest BCUT2D eigenvalue weighted by Crippen LogP contribution is -2.32. The van der Waals surface area contributed by atoms with Gasteiger partial charge in [0.1, 0.15) is 6.61 Å². The Kier molecular flexibility index (Phi) is 5.31. The molecule has 2 aromatic heterocycles. The van der Waals surface area contributed by atoms with Crippen molar-refractivity contribution in [3.05, 3.63) is 36.0 Å². The summed E-state index contributed by atoms with van der Waals surface area (Å²) in [5.41, 5.74) is 7.10. The van der Waals surface area contributed by atoms with E-state index in [1.165, 1.54) is 7.11 Å². The Morgan fingerprint density at radius 2 is 1.88 bits per heavy atom.